The molecule has 1 aliphatic heterocycles. The molecule has 3 nitrogen and oxygen atoms in total. The minimum absolute atomic E-state index is 0.305. The maximum Gasteiger partial charge on any atom is 0.222 e. The lowest BCUT2D eigenvalue weighted by Gasteiger charge is -2.31. The van der Waals surface area contributed by atoms with Gasteiger partial charge in [0.25, 0.3) is 0 Å². The highest BCUT2D eigenvalue weighted by molar-refractivity contribution is 5.77. The molecule has 2 atom stereocenters. The van der Waals surface area contributed by atoms with Crippen LogP contribution >= 0.6 is 0 Å². The number of rotatable bonds is 3. The Kier molecular flexibility index (Phi) is 3.72. The fraction of sp³-hybridized carbons (Fsp3) is 0.900. The molecule has 2 N–H and O–H groups in total. The monoisotopic (exact) mass is 184 g/mol. The normalized spacial score (nSPS) is 26.2. The zero-order chi connectivity index (χ0) is 9.84. The van der Waals surface area contributed by atoms with Gasteiger partial charge in [-0.1, -0.05) is 13.8 Å². The molecule has 1 heterocycles. The Morgan fingerprint density at radius 3 is 2.92 bits per heavy atom. The molecule has 0 saturated carbocycles. The summed E-state index contributed by atoms with van der Waals surface area (Å²) in [6.07, 6.45) is 1.86. The molecule has 13 heavy (non-hydrogen) atoms. The van der Waals surface area contributed by atoms with Crippen LogP contribution in [0.2, 0.25) is 0 Å². The van der Waals surface area contributed by atoms with Crippen molar-refractivity contribution in [3.63, 3.8) is 0 Å². The molecule has 0 aromatic rings. The summed E-state index contributed by atoms with van der Waals surface area (Å²) in [5, 5.41) is 0. The minimum atomic E-state index is 0.305. The molecular formula is C10H20N2O. The van der Waals surface area contributed by atoms with Crippen LogP contribution in [0.5, 0.6) is 0 Å². The number of amides is 1. The van der Waals surface area contributed by atoms with Crippen molar-refractivity contribution in [2.45, 2.75) is 26.7 Å². The Balaban J connectivity index is 2.38. The lowest BCUT2D eigenvalue weighted by molar-refractivity contribution is -0.135. The predicted octanol–water partition coefficient (Wildman–Crippen LogP) is 0.840. The molecule has 0 aromatic carbocycles. The summed E-state index contributed by atoms with van der Waals surface area (Å²) in [6, 6.07) is 0. The van der Waals surface area contributed by atoms with E-state index in [0.29, 0.717) is 24.3 Å². The largest absolute Gasteiger partial charge is 0.342 e. The maximum absolute atomic E-state index is 11.5. The average molecular weight is 184 g/mol. The summed E-state index contributed by atoms with van der Waals surface area (Å²) in [5.41, 5.74) is 5.52. The van der Waals surface area contributed by atoms with E-state index in [9.17, 15) is 4.79 Å². The van der Waals surface area contributed by atoms with Crippen LogP contribution in [0.4, 0.5) is 0 Å². The van der Waals surface area contributed by atoms with Crippen molar-refractivity contribution in [3.8, 4) is 0 Å². The van der Waals surface area contributed by atoms with E-state index in [2.05, 4.69) is 13.8 Å². The molecule has 3 heteroatoms. The number of nitrogens with two attached hydrogens (primary N) is 1. The van der Waals surface area contributed by atoms with Gasteiger partial charge in [-0.05, 0) is 24.8 Å². The second-order valence-corrected chi connectivity index (χ2v) is 4.28. The van der Waals surface area contributed by atoms with Crippen LogP contribution in [0.15, 0.2) is 0 Å². The van der Waals surface area contributed by atoms with Crippen molar-refractivity contribution in [3.05, 3.63) is 0 Å². The van der Waals surface area contributed by atoms with Crippen molar-refractivity contribution in [2.24, 2.45) is 17.6 Å². The molecule has 76 valence electrons. The van der Waals surface area contributed by atoms with Crippen LogP contribution in [-0.4, -0.2) is 30.4 Å². The molecular weight excluding hydrogens is 164 g/mol. The molecule has 0 radical (unpaired) electrons. The van der Waals surface area contributed by atoms with Gasteiger partial charge in [0.05, 0.1) is 0 Å². The molecule has 1 rings (SSSR count). The van der Waals surface area contributed by atoms with E-state index < -0.39 is 0 Å². The van der Waals surface area contributed by atoms with Crippen molar-refractivity contribution in [2.75, 3.05) is 19.6 Å². The molecule has 0 aliphatic carbocycles. The molecule has 0 spiro atoms. The van der Waals surface area contributed by atoms with Gasteiger partial charge in [0.1, 0.15) is 0 Å². The molecule has 1 aliphatic rings. The van der Waals surface area contributed by atoms with E-state index in [1.54, 1.807) is 0 Å². The van der Waals surface area contributed by atoms with E-state index in [1.165, 1.54) is 0 Å². The van der Waals surface area contributed by atoms with Crippen molar-refractivity contribution >= 4 is 5.91 Å². The summed E-state index contributed by atoms with van der Waals surface area (Å²) in [4.78, 5) is 13.5. The van der Waals surface area contributed by atoms with Gasteiger partial charge in [-0.25, -0.2) is 0 Å². The quantitative estimate of drug-likeness (QED) is 0.706. The number of carbonyl (C=O) groups excluding carboxylic acids is 1. The number of likely N-dealkylation sites (tertiary alicyclic amines) is 1. The standard InChI is InChI=1S/C10H20N2O/c1-8-3-4-12(10(13)5-8)7-9(2)6-11/h8-9H,3-7,11H2,1-2H3. The van der Waals surface area contributed by atoms with E-state index in [-0.39, 0.29) is 0 Å². The van der Waals surface area contributed by atoms with Gasteiger partial charge < -0.3 is 10.6 Å². The van der Waals surface area contributed by atoms with Crippen molar-refractivity contribution < 1.29 is 4.79 Å². The first-order valence-corrected chi connectivity index (χ1v) is 5.11. The summed E-state index contributed by atoms with van der Waals surface area (Å²) in [7, 11) is 0. The zero-order valence-corrected chi connectivity index (χ0v) is 8.62. The van der Waals surface area contributed by atoms with Crippen LogP contribution < -0.4 is 5.73 Å². The molecule has 0 aromatic heterocycles. The van der Waals surface area contributed by atoms with Crippen LogP contribution in [0.1, 0.15) is 26.7 Å². The summed E-state index contributed by atoms with van der Waals surface area (Å²) in [5.74, 6) is 1.30. The third-order valence-corrected chi connectivity index (χ3v) is 2.70. The number of hydrogen-bond donors (Lipinski definition) is 1. The summed E-state index contributed by atoms with van der Waals surface area (Å²) >= 11 is 0. The zero-order valence-electron chi connectivity index (χ0n) is 8.62. The average Bonchev–Trinajstić information content (AvgIpc) is 2.09. The van der Waals surface area contributed by atoms with Crippen molar-refractivity contribution in [1.82, 2.24) is 4.90 Å². The highest BCUT2D eigenvalue weighted by Crippen LogP contribution is 2.17. The second kappa shape index (κ2) is 4.61. The number of carbonyl (C=O) groups is 1. The Hall–Kier alpha value is -0.570. The molecule has 2 unspecified atom stereocenters. The second-order valence-electron chi connectivity index (χ2n) is 4.28. The lowest BCUT2D eigenvalue weighted by atomic mass is 9.97. The third kappa shape index (κ3) is 2.99. The summed E-state index contributed by atoms with van der Waals surface area (Å²) < 4.78 is 0. The van der Waals surface area contributed by atoms with Crippen LogP contribution in [0, 0.1) is 11.8 Å². The van der Waals surface area contributed by atoms with Gasteiger partial charge in [0.2, 0.25) is 5.91 Å². The van der Waals surface area contributed by atoms with E-state index in [1.807, 2.05) is 4.90 Å². The first-order chi connectivity index (χ1) is 6.13. The molecule has 0 bridgehead atoms. The van der Waals surface area contributed by atoms with Crippen LogP contribution in [0.3, 0.4) is 0 Å². The fourth-order valence-corrected chi connectivity index (χ4v) is 1.67. The van der Waals surface area contributed by atoms with E-state index >= 15 is 0 Å². The van der Waals surface area contributed by atoms with Gasteiger partial charge in [0, 0.05) is 19.5 Å². The highest BCUT2D eigenvalue weighted by Gasteiger charge is 2.23. The smallest absolute Gasteiger partial charge is 0.222 e. The van der Waals surface area contributed by atoms with Crippen molar-refractivity contribution in [1.29, 1.82) is 0 Å². The van der Waals surface area contributed by atoms with E-state index in [0.717, 1.165) is 25.9 Å². The Labute approximate surface area is 80.3 Å². The topological polar surface area (TPSA) is 46.3 Å². The number of hydrogen-bond acceptors (Lipinski definition) is 2. The summed E-state index contributed by atoms with van der Waals surface area (Å²) in [6.45, 7) is 6.65. The van der Waals surface area contributed by atoms with Gasteiger partial charge in [-0.15, -0.1) is 0 Å². The first-order valence-electron chi connectivity index (χ1n) is 5.11. The molecule has 1 amide bonds. The first kappa shape index (κ1) is 10.5. The Morgan fingerprint density at radius 1 is 1.69 bits per heavy atom. The van der Waals surface area contributed by atoms with Crippen LogP contribution in [-0.2, 0) is 4.79 Å². The number of piperidine rings is 1. The minimum Gasteiger partial charge on any atom is -0.342 e. The van der Waals surface area contributed by atoms with Gasteiger partial charge in [-0.2, -0.15) is 0 Å². The fourth-order valence-electron chi connectivity index (χ4n) is 1.67. The SMILES string of the molecule is CC1CCN(CC(C)CN)C(=O)C1. The van der Waals surface area contributed by atoms with Crippen LogP contribution in [0.25, 0.3) is 0 Å². The number of nitrogens with zero attached hydrogens (tertiary/aromatic N) is 1. The van der Waals surface area contributed by atoms with Gasteiger partial charge in [0.15, 0.2) is 0 Å². The van der Waals surface area contributed by atoms with E-state index in [4.69, 9.17) is 5.73 Å². The van der Waals surface area contributed by atoms with Gasteiger partial charge in [-0.3, -0.25) is 4.79 Å². The third-order valence-electron chi connectivity index (χ3n) is 2.70. The highest BCUT2D eigenvalue weighted by atomic mass is 16.2. The Bertz CT molecular complexity index is 182. The molecule has 1 saturated heterocycles. The van der Waals surface area contributed by atoms with Gasteiger partial charge >= 0.3 is 0 Å². The predicted molar refractivity (Wildman–Crippen MR) is 53.2 cm³/mol. The Morgan fingerprint density at radius 2 is 2.38 bits per heavy atom. The lowest BCUT2D eigenvalue weighted by Crippen LogP contribution is -2.41. The maximum atomic E-state index is 11.5. The molecule has 1 fully saturated rings.